The molecular weight excluding hydrogens is 451 g/mol. The lowest BCUT2D eigenvalue weighted by molar-refractivity contribution is -0.274. The number of benzene rings is 2. The minimum atomic E-state index is -5.01. The summed E-state index contributed by atoms with van der Waals surface area (Å²) in [4.78, 5) is 11.6. The predicted octanol–water partition coefficient (Wildman–Crippen LogP) is 5.10. The lowest BCUT2D eigenvalue weighted by atomic mass is 9.77. The molecule has 1 aromatic heterocycles. The fourth-order valence-corrected chi connectivity index (χ4v) is 3.94. The molecule has 0 saturated carbocycles. The third-order valence-corrected chi connectivity index (χ3v) is 5.54. The van der Waals surface area contributed by atoms with E-state index in [0.717, 1.165) is 12.1 Å². The molecule has 0 aliphatic carbocycles. The van der Waals surface area contributed by atoms with Crippen LogP contribution in [0.1, 0.15) is 24.0 Å². The van der Waals surface area contributed by atoms with E-state index in [1.54, 1.807) is 6.07 Å². The molecule has 9 heteroatoms. The minimum Gasteiger partial charge on any atom is -0.408 e. The number of alkyl halides is 3. The molecule has 2 aromatic carbocycles. The third kappa shape index (κ3) is 3.19. The number of nitrogens with zero attached hydrogens (tertiary/aromatic N) is 1. The zero-order valence-corrected chi connectivity index (χ0v) is 16.5. The highest BCUT2D eigenvalue weighted by molar-refractivity contribution is 9.10. The first kappa shape index (κ1) is 20.0. The molecule has 0 spiro atoms. The number of aliphatic hydroxyl groups is 1. The SMILES string of the molecule is CC(c1ccc(Br)cc1Cl)C(O)(c1ccc2c(c1)oc(=O)n2C)C(F)(F)F. The fourth-order valence-electron chi connectivity index (χ4n) is 3.11. The topological polar surface area (TPSA) is 55.4 Å². The Morgan fingerprint density at radius 2 is 1.89 bits per heavy atom. The van der Waals surface area contributed by atoms with Gasteiger partial charge in [0.15, 0.2) is 11.2 Å². The molecule has 144 valence electrons. The van der Waals surface area contributed by atoms with Crippen LogP contribution in [0.4, 0.5) is 13.2 Å². The van der Waals surface area contributed by atoms with Crippen LogP contribution in [0.15, 0.2) is 50.1 Å². The van der Waals surface area contributed by atoms with Crippen molar-refractivity contribution in [1.82, 2.24) is 4.57 Å². The minimum absolute atomic E-state index is 0.0446. The molecule has 1 heterocycles. The Labute approximate surface area is 165 Å². The summed E-state index contributed by atoms with van der Waals surface area (Å²) in [7, 11) is 1.44. The van der Waals surface area contributed by atoms with Crippen LogP contribution in [0.3, 0.4) is 0 Å². The van der Waals surface area contributed by atoms with Gasteiger partial charge in [-0.05, 0) is 35.4 Å². The van der Waals surface area contributed by atoms with Crippen molar-refractivity contribution < 1.29 is 22.7 Å². The summed E-state index contributed by atoms with van der Waals surface area (Å²) in [5.41, 5.74) is -3.27. The molecule has 2 unspecified atom stereocenters. The van der Waals surface area contributed by atoms with E-state index in [-0.39, 0.29) is 16.2 Å². The van der Waals surface area contributed by atoms with Gasteiger partial charge in [-0.2, -0.15) is 13.2 Å². The van der Waals surface area contributed by atoms with Gasteiger partial charge in [0.1, 0.15) is 0 Å². The number of aromatic nitrogens is 1. The summed E-state index contributed by atoms with van der Waals surface area (Å²) in [6, 6.07) is 7.91. The smallest absolute Gasteiger partial charge is 0.408 e. The van der Waals surface area contributed by atoms with Crippen molar-refractivity contribution in [2.24, 2.45) is 7.05 Å². The molecule has 0 fully saturated rings. The van der Waals surface area contributed by atoms with Gasteiger partial charge in [-0.1, -0.05) is 46.6 Å². The van der Waals surface area contributed by atoms with E-state index >= 15 is 0 Å². The van der Waals surface area contributed by atoms with Crippen molar-refractivity contribution in [2.75, 3.05) is 0 Å². The van der Waals surface area contributed by atoms with Crippen LogP contribution in [0.5, 0.6) is 0 Å². The van der Waals surface area contributed by atoms with Crippen molar-refractivity contribution in [1.29, 1.82) is 0 Å². The monoisotopic (exact) mass is 463 g/mol. The molecule has 0 saturated heterocycles. The summed E-state index contributed by atoms with van der Waals surface area (Å²) in [5.74, 6) is -2.13. The Hall–Kier alpha value is -1.77. The molecule has 0 aliphatic heterocycles. The van der Waals surface area contributed by atoms with Crippen molar-refractivity contribution in [3.05, 3.63) is 67.6 Å². The second kappa shape index (κ2) is 6.68. The molecule has 3 rings (SSSR count). The summed E-state index contributed by atoms with van der Waals surface area (Å²) in [6.45, 7) is 1.24. The average molecular weight is 465 g/mol. The highest BCUT2D eigenvalue weighted by atomic mass is 79.9. The zero-order chi connectivity index (χ0) is 20.1. The van der Waals surface area contributed by atoms with Crippen molar-refractivity contribution in [2.45, 2.75) is 24.6 Å². The summed E-state index contributed by atoms with van der Waals surface area (Å²) >= 11 is 9.32. The van der Waals surface area contributed by atoms with E-state index in [4.69, 9.17) is 16.0 Å². The molecule has 0 radical (unpaired) electrons. The van der Waals surface area contributed by atoms with Crippen molar-refractivity contribution >= 4 is 38.6 Å². The predicted molar refractivity (Wildman–Crippen MR) is 99.0 cm³/mol. The first-order chi connectivity index (χ1) is 12.5. The van der Waals surface area contributed by atoms with E-state index < -0.39 is 29.0 Å². The van der Waals surface area contributed by atoms with Crippen LogP contribution in [-0.2, 0) is 12.6 Å². The summed E-state index contributed by atoms with van der Waals surface area (Å²) in [5, 5.41) is 10.9. The standard InChI is InChI=1S/C18H14BrClF3NO3/c1-9(12-5-4-11(19)8-13(12)20)17(26,18(21,22)23)10-3-6-14-15(7-10)27-16(25)24(14)2/h3-9,26H,1-2H3. The van der Waals surface area contributed by atoms with Crippen LogP contribution in [-0.4, -0.2) is 15.8 Å². The highest BCUT2D eigenvalue weighted by Crippen LogP contribution is 2.50. The number of halogens is 5. The second-order valence-corrected chi connectivity index (χ2v) is 7.58. The number of oxazole rings is 1. The molecule has 1 N–H and O–H groups in total. The maximum atomic E-state index is 14.0. The summed E-state index contributed by atoms with van der Waals surface area (Å²) in [6.07, 6.45) is -5.01. The molecule has 0 amide bonds. The quantitative estimate of drug-likeness (QED) is 0.587. The van der Waals surface area contributed by atoms with Crippen LogP contribution in [0, 0.1) is 0 Å². The van der Waals surface area contributed by atoms with Gasteiger partial charge in [0.2, 0.25) is 0 Å². The Morgan fingerprint density at radius 1 is 1.22 bits per heavy atom. The van der Waals surface area contributed by atoms with Crippen LogP contribution in [0.2, 0.25) is 5.02 Å². The average Bonchev–Trinajstić information content (AvgIpc) is 2.86. The molecule has 27 heavy (non-hydrogen) atoms. The lowest BCUT2D eigenvalue weighted by Crippen LogP contribution is -2.46. The molecule has 0 aliphatic rings. The molecule has 4 nitrogen and oxygen atoms in total. The Balaban J connectivity index is 2.22. The molecular formula is C18H14BrClF3NO3. The van der Waals surface area contributed by atoms with Crippen LogP contribution in [0.25, 0.3) is 11.1 Å². The van der Waals surface area contributed by atoms with Crippen molar-refractivity contribution in [3.63, 3.8) is 0 Å². The molecule has 3 aromatic rings. The lowest BCUT2D eigenvalue weighted by Gasteiger charge is -2.37. The fraction of sp³-hybridized carbons (Fsp3) is 0.278. The Bertz CT molecular complexity index is 1080. The second-order valence-electron chi connectivity index (χ2n) is 6.26. The normalized spacial score (nSPS) is 15.7. The van der Waals surface area contributed by atoms with Crippen molar-refractivity contribution in [3.8, 4) is 0 Å². The van der Waals surface area contributed by atoms with Gasteiger partial charge in [0.25, 0.3) is 0 Å². The molecule has 0 bridgehead atoms. The first-order valence-corrected chi connectivity index (χ1v) is 8.98. The van der Waals surface area contributed by atoms with E-state index in [1.807, 2.05) is 0 Å². The van der Waals surface area contributed by atoms with Gasteiger partial charge in [-0.15, -0.1) is 0 Å². The molecule has 2 atom stereocenters. The number of fused-ring (bicyclic) bond motifs is 1. The number of hydrogen-bond acceptors (Lipinski definition) is 3. The van der Waals surface area contributed by atoms with E-state index in [0.29, 0.717) is 9.99 Å². The van der Waals surface area contributed by atoms with Crippen LogP contribution < -0.4 is 5.76 Å². The number of aryl methyl sites for hydroxylation is 1. The number of rotatable bonds is 3. The van der Waals surface area contributed by atoms with Gasteiger partial charge >= 0.3 is 11.9 Å². The Kier molecular flexibility index (Phi) is 4.95. The van der Waals surface area contributed by atoms with Gasteiger partial charge in [0, 0.05) is 22.5 Å². The van der Waals surface area contributed by atoms with Gasteiger partial charge in [0.05, 0.1) is 5.52 Å². The number of hydrogen-bond donors (Lipinski definition) is 1. The van der Waals surface area contributed by atoms with E-state index in [9.17, 15) is 23.1 Å². The highest BCUT2D eigenvalue weighted by Gasteiger charge is 2.59. The van der Waals surface area contributed by atoms with Gasteiger partial charge < -0.3 is 9.52 Å². The van der Waals surface area contributed by atoms with Crippen LogP contribution >= 0.6 is 27.5 Å². The summed E-state index contributed by atoms with van der Waals surface area (Å²) < 4.78 is 48.8. The maximum Gasteiger partial charge on any atom is 0.422 e. The maximum absolute atomic E-state index is 14.0. The van der Waals surface area contributed by atoms with Gasteiger partial charge in [-0.3, -0.25) is 4.57 Å². The van der Waals surface area contributed by atoms with Gasteiger partial charge in [-0.25, -0.2) is 4.79 Å². The van der Waals surface area contributed by atoms with E-state index in [2.05, 4.69) is 15.9 Å². The van der Waals surface area contributed by atoms with E-state index in [1.165, 1.54) is 36.7 Å². The zero-order valence-electron chi connectivity index (χ0n) is 14.1. The largest absolute Gasteiger partial charge is 0.422 e. The third-order valence-electron chi connectivity index (χ3n) is 4.72. The first-order valence-electron chi connectivity index (χ1n) is 7.81. The Morgan fingerprint density at radius 3 is 2.48 bits per heavy atom.